The number of carbonyl (C=O) groups is 1. The summed E-state index contributed by atoms with van der Waals surface area (Å²) < 4.78 is 29.6. The molecule has 1 aromatic rings. The smallest absolute Gasteiger partial charge is 0.317 e. The molecule has 1 aliphatic heterocycles. The highest BCUT2D eigenvalue weighted by molar-refractivity contribution is 7.92. The molecule has 0 saturated carbocycles. The molecule has 0 aliphatic carbocycles. The van der Waals surface area contributed by atoms with Crippen molar-refractivity contribution in [3.05, 3.63) is 29.8 Å². The fraction of sp³-hybridized carbons (Fsp3) is 0.533. The van der Waals surface area contributed by atoms with Gasteiger partial charge < -0.3 is 15.0 Å². The van der Waals surface area contributed by atoms with Crippen molar-refractivity contribution in [3.63, 3.8) is 0 Å². The number of nitrogens with zero attached hydrogens (tertiary/aromatic N) is 2. The average Bonchev–Trinajstić information content (AvgIpc) is 2.51. The summed E-state index contributed by atoms with van der Waals surface area (Å²) in [5.41, 5.74) is 1.50. The van der Waals surface area contributed by atoms with Gasteiger partial charge in [0.25, 0.3) is 0 Å². The van der Waals surface area contributed by atoms with Crippen LogP contribution in [0.2, 0.25) is 0 Å². The predicted octanol–water partition coefficient (Wildman–Crippen LogP) is 1.01. The van der Waals surface area contributed by atoms with Gasteiger partial charge in [0.15, 0.2) is 0 Å². The van der Waals surface area contributed by atoms with Crippen molar-refractivity contribution in [1.29, 1.82) is 0 Å². The van der Waals surface area contributed by atoms with Crippen LogP contribution in [-0.2, 0) is 21.3 Å². The van der Waals surface area contributed by atoms with Crippen LogP contribution in [0.5, 0.6) is 0 Å². The normalized spacial score (nSPS) is 18.6. The minimum Gasteiger partial charge on any atom is -0.375 e. The zero-order valence-corrected chi connectivity index (χ0v) is 14.5. The largest absolute Gasteiger partial charge is 0.375 e. The maximum absolute atomic E-state index is 12.1. The Morgan fingerprint density at radius 3 is 2.61 bits per heavy atom. The summed E-state index contributed by atoms with van der Waals surface area (Å²) in [6.07, 6.45) is 1.21. The van der Waals surface area contributed by atoms with Gasteiger partial charge in [0.2, 0.25) is 10.0 Å². The van der Waals surface area contributed by atoms with E-state index < -0.39 is 10.0 Å². The van der Waals surface area contributed by atoms with Crippen LogP contribution in [-0.4, -0.2) is 58.5 Å². The van der Waals surface area contributed by atoms with Gasteiger partial charge in [-0.05, 0) is 24.6 Å². The van der Waals surface area contributed by atoms with E-state index in [-0.39, 0.29) is 12.1 Å². The standard InChI is InChI=1S/C15H23N3O4S/c1-12-11-18(8-9-22-12)15(19)16-10-13-4-6-14(7-5-13)17(2)23(3,20)21/h4-7,12H,8-11H2,1-3H3,(H,16,19). The molecular formula is C15H23N3O4S. The van der Waals surface area contributed by atoms with Gasteiger partial charge in [0.05, 0.1) is 24.7 Å². The molecule has 1 fully saturated rings. The summed E-state index contributed by atoms with van der Waals surface area (Å²) in [4.78, 5) is 13.8. The lowest BCUT2D eigenvalue weighted by Crippen LogP contribution is -2.48. The molecule has 0 spiro atoms. The number of anilines is 1. The van der Waals surface area contributed by atoms with Crippen molar-refractivity contribution in [3.8, 4) is 0 Å². The first kappa shape index (κ1) is 17.6. The molecule has 1 unspecified atom stereocenters. The molecule has 0 radical (unpaired) electrons. The number of benzene rings is 1. The number of nitrogens with one attached hydrogen (secondary N) is 1. The van der Waals surface area contributed by atoms with Crippen LogP contribution in [0.4, 0.5) is 10.5 Å². The first-order valence-corrected chi connectivity index (χ1v) is 9.29. The molecule has 1 heterocycles. The Hall–Kier alpha value is -1.80. The monoisotopic (exact) mass is 341 g/mol. The highest BCUT2D eigenvalue weighted by atomic mass is 32.2. The molecule has 1 N–H and O–H groups in total. The second-order valence-electron chi connectivity index (χ2n) is 5.68. The third kappa shape index (κ3) is 4.84. The number of urea groups is 1. The Balaban J connectivity index is 1.90. The van der Waals surface area contributed by atoms with Crippen LogP contribution >= 0.6 is 0 Å². The quantitative estimate of drug-likeness (QED) is 0.886. The SMILES string of the molecule is CC1CN(C(=O)NCc2ccc(N(C)S(C)(=O)=O)cc2)CCO1. The first-order valence-electron chi connectivity index (χ1n) is 7.44. The van der Waals surface area contributed by atoms with E-state index in [1.165, 1.54) is 11.4 Å². The number of ether oxygens (including phenoxy) is 1. The molecule has 23 heavy (non-hydrogen) atoms. The number of sulfonamides is 1. The first-order chi connectivity index (χ1) is 10.8. The minimum absolute atomic E-state index is 0.0558. The van der Waals surface area contributed by atoms with E-state index in [0.29, 0.717) is 31.9 Å². The topological polar surface area (TPSA) is 79.0 Å². The van der Waals surface area contributed by atoms with Gasteiger partial charge in [-0.3, -0.25) is 4.31 Å². The summed E-state index contributed by atoms with van der Waals surface area (Å²) in [6, 6.07) is 6.94. The summed E-state index contributed by atoms with van der Waals surface area (Å²) in [5, 5.41) is 2.87. The van der Waals surface area contributed by atoms with E-state index in [9.17, 15) is 13.2 Å². The number of rotatable bonds is 4. The van der Waals surface area contributed by atoms with E-state index in [2.05, 4.69) is 5.32 Å². The summed E-state index contributed by atoms with van der Waals surface area (Å²) >= 11 is 0. The lowest BCUT2D eigenvalue weighted by Gasteiger charge is -2.31. The Kier molecular flexibility index (Phi) is 5.48. The van der Waals surface area contributed by atoms with E-state index >= 15 is 0 Å². The number of amides is 2. The van der Waals surface area contributed by atoms with Crippen molar-refractivity contribution in [2.75, 3.05) is 37.3 Å². The molecule has 1 aliphatic rings. The van der Waals surface area contributed by atoms with Gasteiger partial charge in [-0.25, -0.2) is 13.2 Å². The third-order valence-corrected chi connectivity index (χ3v) is 4.98. The number of morpholine rings is 1. The molecule has 2 amide bonds. The zero-order chi connectivity index (χ0) is 17.0. The second kappa shape index (κ2) is 7.18. The van der Waals surface area contributed by atoms with Crippen molar-refractivity contribution >= 4 is 21.7 Å². The van der Waals surface area contributed by atoms with Gasteiger partial charge in [-0.1, -0.05) is 12.1 Å². The molecule has 1 atom stereocenters. The highest BCUT2D eigenvalue weighted by Gasteiger charge is 2.20. The molecule has 0 aromatic heterocycles. The van der Waals surface area contributed by atoms with Crippen molar-refractivity contribution < 1.29 is 17.9 Å². The molecular weight excluding hydrogens is 318 g/mol. The predicted molar refractivity (Wildman–Crippen MR) is 88.9 cm³/mol. The Morgan fingerprint density at radius 2 is 2.04 bits per heavy atom. The zero-order valence-electron chi connectivity index (χ0n) is 13.7. The summed E-state index contributed by atoms with van der Waals surface area (Å²) in [6.45, 7) is 4.07. The lowest BCUT2D eigenvalue weighted by atomic mass is 10.2. The molecule has 8 heteroatoms. The van der Waals surface area contributed by atoms with Gasteiger partial charge >= 0.3 is 6.03 Å². The van der Waals surface area contributed by atoms with Gasteiger partial charge in [0.1, 0.15) is 0 Å². The second-order valence-corrected chi connectivity index (χ2v) is 7.70. The number of carbonyl (C=O) groups excluding carboxylic acids is 1. The van der Waals surface area contributed by atoms with Crippen molar-refractivity contribution in [2.45, 2.75) is 19.6 Å². The van der Waals surface area contributed by atoms with Crippen LogP contribution in [0, 0.1) is 0 Å². The Morgan fingerprint density at radius 1 is 1.39 bits per heavy atom. The molecule has 0 bridgehead atoms. The minimum atomic E-state index is -3.27. The number of hydrogen-bond acceptors (Lipinski definition) is 4. The van der Waals surface area contributed by atoms with Crippen LogP contribution < -0.4 is 9.62 Å². The maximum atomic E-state index is 12.1. The van der Waals surface area contributed by atoms with E-state index in [0.717, 1.165) is 11.8 Å². The fourth-order valence-corrected chi connectivity index (χ4v) is 2.81. The fourth-order valence-electron chi connectivity index (χ4n) is 2.31. The highest BCUT2D eigenvalue weighted by Crippen LogP contribution is 2.16. The maximum Gasteiger partial charge on any atom is 0.317 e. The van der Waals surface area contributed by atoms with E-state index in [1.54, 1.807) is 29.2 Å². The van der Waals surface area contributed by atoms with Gasteiger partial charge in [-0.2, -0.15) is 0 Å². The molecule has 7 nitrogen and oxygen atoms in total. The molecule has 2 rings (SSSR count). The van der Waals surface area contributed by atoms with Crippen LogP contribution in [0.25, 0.3) is 0 Å². The lowest BCUT2D eigenvalue weighted by molar-refractivity contribution is -0.00351. The van der Waals surface area contributed by atoms with Gasteiger partial charge in [-0.15, -0.1) is 0 Å². The van der Waals surface area contributed by atoms with Crippen LogP contribution in [0.15, 0.2) is 24.3 Å². The van der Waals surface area contributed by atoms with E-state index in [4.69, 9.17) is 4.74 Å². The van der Waals surface area contributed by atoms with Crippen LogP contribution in [0.3, 0.4) is 0 Å². The van der Waals surface area contributed by atoms with Crippen molar-refractivity contribution in [1.82, 2.24) is 10.2 Å². The molecule has 1 aromatic carbocycles. The third-order valence-electron chi connectivity index (χ3n) is 3.77. The Labute approximate surface area is 137 Å². The van der Waals surface area contributed by atoms with E-state index in [1.807, 2.05) is 6.92 Å². The Bertz CT molecular complexity index is 645. The number of hydrogen-bond donors (Lipinski definition) is 1. The average molecular weight is 341 g/mol. The summed E-state index contributed by atoms with van der Waals surface area (Å²) in [5.74, 6) is 0. The molecule has 1 saturated heterocycles. The van der Waals surface area contributed by atoms with Crippen LogP contribution in [0.1, 0.15) is 12.5 Å². The summed E-state index contributed by atoms with van der Waals surface area (Å²) in [7, 11) is -1.76. The van der Waals surface area contributed by atoms with Crippen molar-refractivity contribution in [2.24, 2.45) is 0 Å². The van der Waals surface area contributed by atoms with Gasteiger partial charge in [0, 0.05) is 26.7 Å². The molecule has 128 valence electrons.